The van der Waals surface area contributed by atoms with Crippen LogP contribution in [0.4, 0.5) is 0 Å². The van der Waals surface area contributed by atoms with Crippen molar-refractivity contribution in [3.05, 3.63) is 29.8 Å². The third kappa shape index (κ3) is 4.85. The third-order valence-corrected chi connectivity index (χ3v) is 4.58. The predicted octanol–water partition coefficient (Wildman–Crippen LogP) is 0.431. The fourth-order valence-electron chi connectivity index (χ4n) is 2.04. The van der Waals surface area contributed by atoms with E-state index in [-0.39, 0.29) is 17.3 Å². The van der Waals surface area contributed by atoms with Gasteiger partial charge >= 0.3 is 0 Å². The molecule has 1 saturated heterocycles. The molecule has 1 aliphatic rings. The molecule has 0 atom stereocenters. The van der Waals surface area contributed by atoms with Crippen LogP contribution in [0.5, 0.6) is 0 Å². The van der Waals surface area contributed by atoms with Crippen molar-refractivity contribution in [1.29, 1.82) is 0 Å². The SMILES string of the molecule is CC(=O)c1ccc(S(=O)(=O)NOCCN2CCOCC2)cc1. The van der Waals surface area contributed by atoms with E-state index in [1.807, 2.05) is 0 Å². The maximum absolute atomic E-state index is 12.0. The number of carbonyl (C=O) groups is 1. The molecule has 1 aliphatic heterocycles. The Morgan fingerprint density at radius 2 is 1.91 bits per heavy atom. The molecule has 0 aliphatic carbocycles. The first-order chi connectivity index (χ1) is 10.5. The molecule has 0 bridgehead atoms. The summed E-state index contributed by atoms with van der Waals surface area (Å²) in [6, 6.07) is 5.71. The lowest BCUT2D eigenvalue weighted by Gasteiger charge is -2.26. The number of ketones is 1. The van der Waals surface area contributed by atoms with E-state index in [1.165, 1.54) is 31.2 Å². The van der Waals surface area contributed by atoms with Gasteiger partial charge in [-0.2, -0.15) is 0 Å². The van der Waals surface area contributed by atoms with Crippen LogP contribution in [0.3, 0.4) is 0 Å². The van der Waals surface area contributed by atoms with Crippen molar-refractivity contribution >= 4 is 15.8 Å². The van der Waals surface area contributed by atoms with Crippen molar-refractivity contribution < 1.29 is 22.8 Å². The van der Waals surface area contributed by atoms with E-state index >= 15 is 0 Å². The highest BCUT2D eigenvalue weighted by atomic mass is 32.2. The minimum atomic E-state index is -3.73. The van der Waals surface area contributed by atoms with Gasteiger partial charge in [-0.05, 0) is 19.1 Å². The van der Waals surface area contributed by atoms with Gasteiger partial charge < -0.3 is 4.74 Å². The first-order valence-corrected chi connectivity index (χ1v) is 8.52. The van der Waals surface area contributed by atoms with Crippen LogP contribution in [0, 0.1) is 0 Å². The van der Waals surface area contributed by atoms with E-state index in [9.17, 15) is 13.2 Å². The summed E-state index contributed by atoms with van der Waals surface area (Å²) in [7, 11) is -3.73. The summed E-state index contributed by atoms with van der Waals surface area (Å²) in [6.45, 7) is 5.34. The van der Waals surface area contributed by atoms with Gasteiger partial charge in [-0.3, -0.25) is 14.5 Å². The lowest BCUT2D eigenvalue weighted by atomic mass is 10.2. The van der Waals surface area contributed by atoms with E-state index in [0.717, 1.165) is 13.1 Å². The summed E-state index contributed by atoms with van der Waals surface area (Å²) >= 11 is 0. The van der Waals surface area contributed by atoms with Crippen LogP contribution in [-0.2, 0) is 19.6 Å². The third-order valence-electron chi connectivity index (χ3n) is 3.35. The van der Waals surface area contributed by atoms with E-state index in [4.69, 9.17) is 9.57 Å². The van der Waals surface area contributed by atoms with Gasteiger partial charge in [-0.1, -0.05) is 17.0 Å². The first kappa shape index (κ1) is 17.0. The van der Waals surface area contributed by atoms with E-state index < -0.39 is 10.0 Å². The molecule has 8 heteroatoms. The highest BCUT2D eigenvalue weighted by molar-refractivity contribution is 7.89. The largest absolute Gasteiger partial charge is 0.379 e. The summed E-state index contributed by atoms with van der Waals surface area (Å²) in [5.41, 5.74) is 0.465. The minimum Gasteiger partial charge on any atom is -0.379 e. The Morgan fingerprint density at radius 1 is 1.27 bits per heavy atom. The molecule has 1 heterocycles. The Bertz CT molecular complexity index is 594. The topological polar surface area (TPSA) is 84.9 Å². The lowest BCUT2D eigenvalue weighted by molar-refractivity contribution is 0.0125. The number of ether oxygens (including phenoxy) is 1. The Hall–Kier alpha value is -1.32. The zero-order valence-electron chi connectivity index (χ0n) is 12.4. The molecule has 1 N–H and O–H groups in total. The molecule has 0 saturated carbocycles. The van der Waals surface area contributed by atoms with Gasteiger partial charge in [0, 0.05) is 25.2 Å². The minimum absolute atomic E-state index is 0.0591. The average Bonchev–Trinajstić information content (AvgIpc) is 2.53. The molecule has 0 unspecified atom stereocenters. The fourth-order valence-corrected chi connectivity index (χ4v) is 2.86. The van der Waals surface area contributed by atoms with Crippen LogP contribution in [0.15, 0.2) is 29.2 Å². The van der Waals surface area contributed by atoms with Crippen molar-refractivity contribution in [1.82, 2.24) is 9.79 Å². The van der Waals surface area contributed by atoms with Crippen LogP contribution in [0.1, 0.15) is 17.3 Å². The Labute approximate surface area is 130 Å². The van der Waals surface area contributed by atoms with E-state index in [2.05, 4.69) is 9.79 Å². The summed E-state index contributed by atoms with van der Waals surface area (Å²) in [5, 5.41) is 0. The molecule has 22 heavy (non-hydrogen) atoms. The Morgan fingerprint density at radius 3 is 2.50 bits per heavy atom. The Balaban J connectivity index is 1.81. The quantitative estimate of drug-likeness (QED) is 0.444. The van der Waals surface area contributed by atoms with Gasteiger partial charge in [-0.25, -0.2) is 8.42 Å². The van der Waals surface area contributed by atoms with Crippen LogP contribution in [0.25, 0.3) is 0 Å². The second-order valence-corrected chi connectivity index (χ2v) is 6.61. The van der Waals surface area contributed by atoms with Crippen LogP contribution >= 0.6 is 0 Å². The average molecular weight is 328 g/mol. The van der Waals surface area contributed by atoms with E-state index in [0.29, 0.717) is 25.3 Å². The molecule has 0 amide bonds. The number of nitrogens with one attached hydrogen (secondary N) is 1. The number of hydrogen-bond donors (Lipinski definition) is 1. The second-order valence-electron chi connectivity index (χ2n) is 4.97. The molecule has 0 radical (unpaired) electrons. The smallest absolute Gasteiger partial charge is 0.262 e. The maximum Gasteiger partial charge on any atom is 0.262 e. The molecule has 0 spiro atoms. The number of carbonyl (C=O) groups excluding carboxylic acids is 1. The first-order valence-electron chi connectivity index (χ1n) is 7.04. The van der Waals surface area contributed by atoms with Crippen molar-refractivity contribution in [3.63, 3.8) is 0 Å². The summed E-state index contributed by atoms with van der Waals surface area (Å²) in [5.74, 6) is -0.112. The van der Waals surface area contributed by atoms with Crippen LogP contribution in [-0.4, -0.2) is 58.6 Å². The molecular weight excluding hydrogens is 308 g/mol. The van der Waals surface area contributed by atoms with Crippen molar-refractivity contribution in [2.24, 2.45) is 0 Å². The molecule has 0 aromatic heterocycles. The number of benzene rings is 1. The summed E-state index contributed by atoms with van der Waals surface area (Å²) in [6.07, 6.45) is 0. The normalized spacial score (nSPS) is 16.6. The molecule has 1 aromatic rings. The number of rotatable bonds is 7. The monoisotopic (exact) mass is 328 g/mol. The Kier molecular flexibility index (Phi) is 6.04. The number of morpholine rings is 1. The van der Waals surface area contributed by atoms with Crippen molar-refractivity contribution in [3.8, 4) is 0 Å². The molecule has 122 valence electrons. The van der Waals surface area contributed by atoms with Gasteiger partial charge in [0.25, 0.3) is 10.0 Å². The second kappa shape index (κ2) is 7.80. The lowest BCUT2D eigenvalue weighted by Crippen LogP contribution is -2.39. The van der Waals surface area contributed by atoms with Crippen LogP contribution < -0.4 is 4.89 Å². The molecular formula is C14H20N2O5S. The van der Waals surface area contributed by atoms with Gasteiger partial charge in [0.2, 0.25) is 0 Å². The molecule has 2 rings (SSSR count). The zero-order valence-corrected chi connectivity index (χ0v) is 13.3. The number of hydrogen-bond acceptors (Lipinski definition) is 6. The van der Waals surface area contributed by atoms with Crippen molar-refractivity contribution in [2.75, 3.05) is 39.5 Å². The van der Waals surface area contributed by atoms with Gasteiger partial charge in [-0.15, -0.1) is 0 Å². The molecule has 7 nitrogen and oxygen atoms in total. The summed E-state index contributed by atoms with van der Waals surface area (Å²) < 4.78 is 29.2. The standard InChI is InChI=1S/C14H20N2O5S/c1-12(17)13-2-4-14(5-3-13)22(18,19)15-21-11-8-16-6-9-20-10-7-16/h2-5,15H,6-11H2,1H3. The van der Waals surface area contributed by atoms with Crippen LogP contribution in [0.2, 0.25) is 0 Å². The van der Waals surface area contributed by atoms with Gasteiger partial charge in [0.15, 0.2) is 5.78 Å². The summed E-state index contributed by atoms with van der Waals surface area (Å²) in [4.78, 5) is 20.5. The maximum atomic E-state index is 12.0. The number of sulfonamides is 1. The number of nitrogens with zero attached hydrogens (tertiary/aromatic N) is 1. The number of Topliss-reactive ketones (excluding diaryl/α,β-unsaturated/α-hetero) is 1. The van der Waals surface area contributed by atoms with Gasteiger partial charge in [0.1, 0.15) is 0 Å². The highest BCUT2D eigenvalue weighted by Crippen LogP contribution is 2.11. The fraction of sp³-hybridized carbons (Fsp3) is 0.500. The molecule has 1 aromatic carbocycles. The van der Waals surface area contributed by atoms with E-state index in [1.54, 1.807) is 0 Å². The van der Waals surface area contributed by atoms with Crippen molar-refractivity contribution in [2.45, 2.75) is 11.8 Å². The zero-order chi connectivity index (χ0) is 16.0. The predicted molar refractivity (Wildman–Crippen MR) is 80.0 cm³/mol. The molecule has 1 fully saturated rings. The highest BCUT2D eigenvalue weighted by Gasteiger charge is 2.15. The van der Waals surface area contributed by atoms with Gasteiger partial charge in [0.05, 0.1) is 24.7 Å².